The van der Waals surface area contributed by atoms with Crippen LogP contribution in [0.3, 0.4) is 0 Å². The predicted octanol–water partition coefficient (Wildman–Crippen LogP) is 1.45. The molecule has 0 saturated heterocycles. The highest BCUT2D eigenvalue weighted by Gasteiger charge is 2.27. The van der Waals surface area contributed by atoms with Crippen molar-refractivity contribution in [1.82, 2.24) is 15.5 Å². The molecule has 0 saturated carbocycles. The van der Waals surface area contributed by atoms with Gasteiger partial charge < -0.3 is 10.1 Å². The van der Waals surface area contributed by atoms with Crippen LogP contribution in [-0.4, -0.2) is 44.3 Å². The van der Waals surface area contributed by atoms with E-state index in [4.69, 9.17) is 15.4 Å². The summed E-state index contributed by atoms with van der Waals surface area (Å²) in [4.78, 5) is 11.7. The fourth-order valence-corrected chi connectivity index (χ4v) is 3.05. The lowest BCUT2D eigenvalue weighted by molar-refractivity contribution is 0.0905. The van der Waals surface area contributed by atoms with E-state index < -0.39 is 15.0 Å². The fourth-order valence-electron chi connectivity index (χ4n) is 1.69. The summed E-state index contributed by atoms with van der Waals surface area (Å²) in [6, 6.07) is 0. The molecule has 120 valence electrons. The van der Waals surface area contributed by atoms with Crippen molar-refractivity contribution >= 4 is 25.6 Å². The van der Waals surface area contributed by atoms with Crippen molar-refractivity contribution in [2.45, 2.75) is 38.0 Å². The van der Waals surface area contributed by atoms with Gasteiger partial charge in [-0.15, -0.1) is 0 Å². The summed E-state index contributed by atoms with van der Waals surface area (Å²) in [6.07, 6.45) is 2.37. The van der Waals surface area contributed by atoms with E-state index in [0.29, 0.717) is 25.3 Å². The second-order valence-electron chi connectivity index (χ2n) is 4.39. The maximum atomic E-state index is 12.0. The average molecular weight is 338 g/mol. The van der Waals surface area contributed by atoms with Crippen LogP contribution in [-0.2, 0) is 20.2 Å². The van der Waals surface area contributed by atoms with Gasteiger partial charge in [-0.25, -0.2) is 8.42 Å². The molecule has 0 unspecified atom stereocenters. The highest BCUT2D eigenvalue weighted by molar-refractivity contribution is 8.13. The van der Waals surface area contributed by atoms with E-state index in [9.17, 15) is 13.2 Å². The van der Waals surface area contributed by atoms with Gasteiger partial charge in [-0.2, -0.15) is 5.10 Å². The zero-order valence-electron chi connectivity index (χ0n) is 12.1. The van der Waals surface area contributed by atoms with Gasteiger partial charge in [0.15, 0.2) is 5.69 Å². The number of ether oxygens (including phenoxy) is 1. The molecule has 0 bridgehead atoms. The minimum Gasteiger partial charge on any atom is -0.380 e. The molecule has 1 aromatic heterocycles. The second-order valence-corrected chi connectivity index (χ2v) is 6.90. The summed E-state index contributed by atoms with van der Waals surface area (Å²) in [7, 11) is 1.32. The minimum absolute atomic E-state index is 0.213. The molecule has 0 atom stereocenters. The minimum atomic E-state index is -4.03. The maximum Gasteiger partial charge on any atom is 0.273 e. The first-order valence-electron chi connectivity index (χ1n) is 6.79. The lowest BCUT2D eigenvalue weighted by Gasteiger charge is -2.05. The third kappa shape index (κ3) is 5.29. The first-order valence-corrected chi connectivity index (χ1v) is 9.10. The van der Waals surface area contributed by atoms with Gasteiger partial charge >= 0.3 is 0 Å². The predicted molar refractivity (Wildman–Crippen MR) is 79.1 cm³/mol. The molecule has 0 aromatic carbocycles. The van der Waals surface area contributed by atoms with E-state index >= 15 is 0 Å². The summed E-state index contributed by atoms with van der Waals surface area (Å²) in [5.74, 6) is -0.593. The monoisotopic (exact) mass is 337 g/mol. The van der Waals surface area contributed by atoms with Crippen LogP contribution in [0.15, 0.2) is 4.90 Å². The molecule has 1 amide bonds. The van der Waals surface area contributed by atoms with Crippen LogP contribution in [0.2, 0.25) is 0 Å². The summed E-state index contributed by atoms with van der Waals surface area (Å²) in [5.41, 5.74) is 0.102. The zero-order chi connectivity index (χ0) is 15.9. The van der Waals surface area contributed by atoms with Crippen molar-refractivity contribution in [3.63, 3.8) is 0 Å². The van der Waals surface area contributed by atoms with Crippen molar-refractivity contribution in [3.05, 3.63) is 11.4 Å². The Morgan fingerprint density at radius 1 is 1.38 bits per heavy atom. The Hall–Kier alpha value is -1.12. The van der Waals surface area contributed by atoms with E-state index in [0.717, 1.165) is 12.8 Å². The molecule has 0 fully saturated rings. The topological polar surface area (TPSA) is 101 Å². The van der Waals surface area contributed by atoms with Crippen molar-refractivity contribution in [1.29, 1.82) is 0 Å². The highest BCUT2D eigenvalue weighted by Crippen LogP contribution is 2.22. The number of halogens is 1. The van der Waals surface area contributed by atoms with E-state index in [-0.39, 0.29) is 17.1 Å². The van der Waals surface area contributed by atoms with Gasteiger partial charge in [-0.1, -0.05) is 20.3 Å². The van der Waals surface area contributed by atoms with Crippen LogP contribution in [0.5, 0.6) is 0 Å². The van der Waals surface area contributed by atoms with Gasteiger partial charge in [0.05, 0.1) is 12.3 Å². The maximum absolute atomic E-state index is 12.0. The zero-order valence-corrected chi connectivity index (χ0v) is 13.7. The number of hydrogen-bond donors (Lipinski definition) is 2. The number of carbonyl (C=O) groups is 1. The Bertz CT molecular complexity index is 571. The molecule has 9 heteroatoms. The summed E-state index contributed by atoms with van der Waals surface area (Å²) in [6.45, 7) is 5.07. The van der Waals surface area contributed by atoms with Crippen LogP contribution in [0.4, 0.5) is 0 Å². The molecule has 2 N–H and O–H groups in total. The molecule has 0 spiro atoms. The number of rotatable bonds is 9. The number of nitrogens with zero attached hydrogens (tertiary/aromatic N) is 1. The van der Waals surface area contributed by atoms with Crippen molar-refractivity contribution in [3.8, 4) is 0 Å². The van der Waals surface area contributed by atoms with Crippen LogP contribution < -0.4 is 5.32 Å². The largest absolute Gasteiger partial charge is 0.380 e. The van der Waals surface area contributed by atoms with E-state index in [1.54, 1.807) is 6.92 Å². The lowest BCUT2D eigenvalue weighted by atomic mass is 10.3. The molecule has 1 aromatic rings. The lowest BCUT2D eigenvalue weighted by Crippen LogP contribution is -2.28. The Kier molecular flexibility index (Phi) is 7.13. The highest BCUT2D eigenvalue weighted by atomic mass is 35.7. The Morgan fingerprint density at radius 3 is 2.67 bits per heavy atom. The van der Waals surface area contributed by atoms with Crippen LogP contribution >= 0.6 is 10.7 Å². The third-order valence-electron chi connectivity index (χ3n) is 2.78. The van der Waals surface area contributed by atoms with Gasteiger partial charge in [0.1, 0.15) is 4.90 Å². The van der Waals surface area contributed by atoms with Gasteiger partial charge in [0, 0.05) is 23.8 Å². The van der Waals surface area contributed by atoms with Gasteiger partial charge in [-0.3, -0.25) is 9.89 Å². The van der Waals surface area contributed by atoms with Gasteiger partial charge in [0.2, 0.25) is 0 Å². The van der Waals surface area contributed by atoms with E-state index in [1.165, 1.54) is 0 Å². The van der Waals surface area contributed by atoms with Crippen molar-refractivity contribution in [2.24, 2.45) is 0 Å². The van der Waals surface area contributed by atoms with Crippen LogP contribution in [0.25, 0.3) is 0 Å². The number of hydrogen-bond acceptors (Lipinski definition) is 5. The van der Waals surface area contributed by atoms with Gasteiger partial charge in [-0.05, 0) is 12.8 Å². The van der Waals surface area contributed by atoms with E-state index in [2.05, 4.69) is 22.4 Å². The van der Waals surface area contributed by atoms with Crippen LogP contribution in [0.1, 0.15) is 42.9 Å². The van der Waals surface area contributed by atoms with Gasteiger partial charge in [0.25, 0.3) is 15.0 Å². The van der Waals surface area contributed by atoms with Crippen molar-refractivity contribution in [2.75, 3.05) is 19.8 Å². The molecule has 0 aliphatic rings. The normalized spacial score (nSPS) is 11.6. The molecule has 21 heavy (non-hydrogen) atoms. The average Bonchev–Trinajstić information content (AvgIpc) is 2.86. The van der Waals surface area contributed by atoms with Crippen LogP contribution in [0, 0.1) is 0 Å². The van der Waals surface area contributed by atoms with E-state index in [1.807, 2.05) is 0 Å². The Balaban J connectivity index is 2.65. The number of aryl methyl sites for hydroxylation is 1. The number of aromatic nitrogens is 2. The van der Waals surface area contributed by atoms with Crippen molar-refractivity contribution < 1.29 is 17.9 Å². The molecule has 1 rings (SSSR count). The quantitative estimate of drug-likeness (QED) is 0.524. The Labute approximate surface area is 128 Å². The number of aromatic amines is 1. The molecule has 0 aliphatic carbocycles. The number of amides is 1. The number of H-pyrrole nitrogens is 1. The number of unbranched alkanes of at least 4 members (excludes halogenated alkanes) is 1. The first kappa shape index (κ1) is 17.9. The molecule has 0 radical (unpaired) electrons. The molecule has 0 aliphatic heterocycles. The SMILES string of the molecule is CCCCOCCNC(=O)c1n[nH]c(CC)c1S(=O)(=O)Cl. The smallest absolute Gasteiger partial charge is 0.273 e. The Morgan fingerprint density at radius 2 is 2.10 bits per heavy atom. The summed E-state index contributed by atoms with van der Waals surface area (Å²) < 4.78 is 28.4. The summed E-state index contributed by atoms with van der Waals surface area (Å²) in [5, 5.41) is 8.82. The number of carbonyl (C=O) groups excluding carboxylic acids is 1. The fraction of sp³-hybridized carbons (Fsp3) is 0.667. The molecule has 1 heterocycles. The summed E-state index contributed by atoms with van der Waals surface area (Å²) >= 11 is 0. The molecular formula is C12H20ClN3O4S. The number of nitrogens with one attached hydrogen (secondary N) is 2. The third-order valence-corrected chi connectivity index (χ3v) is 4.17. The first-order chi connectivity index (χ1) is 9.91. The molecule has 7 nitrogen and oxygen atoms in total. The second kappa shape index (κ2) is 8.35. The standard InChI is InChI=1S/C12H20ClN3O4S/c1-3-5-7-20-8-6-14-12(17)10-11(21(13,18)19)9(4-2)15-16-10/h3-8H2,1-2H3,(H,14,17)(H,15,16). The molecular weight excluding hydrogens is 318 g/mol.